The summed E-state index contributed by atoms with van der Waals surface area (Å²) in [5.41, 5.74) is 1.43. The lowest BCUT2D eigenvalue weighted by Crippen LogP contribution is -2.40. The van der Waals surface area contributed by atoms with Crippen LogP contribution >= 0.6 is 0 Å². The van der Waals surface area contributed by atoms with E-state index in [2.05, 4.69) is 16.0 Å². The van der Waals surface area contributed by atoms with Gasteiger partial charge < -0.3 is 21.1 Å². The van der Waals surface area contributed by atoms with Crippen LogP contribution in [0, 0.1) is 5.92 Å². The Kier molecular flexibility index (Phi) is 4.81. The fraction of sp³-hybridized carbons (Fsp3) is 0.529. The van der Waals surface area contributed by atoms with Gasteiger partial charge in [-0.1, -0.05) is 0 Å². The number of benzene rings is 1. The van der Waals surface area contributed by atoms with Crippen LogP contribution in [0.2, 0.25) is 0 Å². The van der Waals surface area contributed by atoms with Crippen molar-refractivity contribution < 1.29 is 14.7 Å². The van der Waals surface area contributed by atoms with Gasteiger partial charge in [0.1, 0.15) is 0 Å². The van der Waals surface area contributed by atoms with Gasteiger partial charge in [-0.05, 0) is 62.8 Å². The second kappa shape index (κ2) is 7.00. The van der Waals surface area contributed by atoms with Crippen molar-refractivity contribution in [3.63, 3.8) is 0 Å². The van der Waals surface area contributed by atoms with Crippen LogP contribution in [0.15, 0.2) is 24.3 Å². The Morgan fingerprint density at radius 2 is 1.43 bits per heavy atom. The van der Waals surface area contributed by atoms with Crippen molar-refractivity contribution in [2.45, 2.75) is 50.7 Å². The molecular formula is C17H23N3O3. The smallest absolute Gasteiger partial charge is 0.319 e. The zero-order valence-corrected chi connectivity index (χ0v) is 13.0. The second-order valence-corrected chi connectivity index (χ2v) is 6.44. The monoisotopic (exact) mass is 317 g/mol. The summed E-state index contributed by atoms with van der Waals surface area (Å²) in [7, 11) is 0. The number of hydrogen-bond acceptors (Lipinski definition) is 3. The van der Waals surface area contributed by atoms with E-state index in [9.17, 15) is 14.7 Å². The molecule has 23 heavy (non-hydrogen) atoms. The molecule has 1 aromatic rings. The zero-order chi connectivity index (χ0) is 16.2. The van der Waals surface area contributed by atoms with Crippen LogP contribution in [0.25, 0.3) is 0 Å². The first-order chi connectivity index (χ1) is 11.1. The Hall–Kier alpha value is -2.08. The number of urea groups is 1. The number of carbonyl (C=O) groups is 2. The average molecular weight is 317 g/mol. The van der Waals surface area contributed by atoms with E-state index in [0.29, 0.717) is 5.69 Å². The third-order valence-corrected chi connectivity index (χ3v) is 4.39. The predicted molar refractivity (Wildman–Crippen MR) is 88.2 cm³/mol. The summed E-state index contributed by atoms with van der Waals surface area (Å²) < 4.78 is 0. The van der Waals surface area contributed by atoms with E-state index < -0.39 is 0 Å². The van der Waals surface area contributed by atoms with E-state index in [-0.39, 0.29) is 30.0 Å². The maximum atomic E-state index is 12.0. The van der Waals surface area contributed by atoms with Gasteiger partial charge in [0.15, 0.2) is 0 Å². The minimum absolute atomic E-state index is 0.0722. The molecule has 0 heterocycles. The summed E-state index contributed by atoms with van der Waals surface area (Å²) in [6, 6.07) is 7.00. The molecule has 2 aliphatic carbocycles. The summed E-state index contributed by atoms with van der Waals surface area (Å²) in [6.07, 6.45) is 4.81. The van der Waals surface area contributed by atoms with Gasteiger partial charge in [-0.3, -0.25) is 4.79 Å². The minimum Gasteiger partial charge on any atom is -0.393 e. The molecular weight excluding hydrogens is 294 g/mol. The number of rotatable bonds is 4. The summed E-state index contributed by atoms with van der Waals surface area (Å²) in [5.74, 6) is 0.246. The first-order valence-corrected chi connectivity index (χ1v) is 8.26. The van der Waals surface area contributed by atoms with E-state index in [1.54, 1.807) is 24.3 Å². The van der Waals surface area contributed by atoms with Gasteiger partial charge in [-0.15, -0.1) is 0 Å². The minimum atomic E-state index is -0.235. The Morgan fingerprint density at radius 3 is 2.00 bits per heavy atom. The highest BCUT2D eigenvalue weighted by atomic mass is 16.3. The normalized spacial score (nSPS) is 23.9. The van der Waals surface area contributed by atoms with Crippen LogP contribution in [-0.4, -0.2) is 29.2 Å². The quantitative estimate of drug-likeness (QED) is 0.687. The highest BCUT2D eigenvalue weighted by Crippen LogP contribution is 2.30. The summed E-state index contributed by atoms with van der Waals surface area (Å²) in [4.78, 5) is 23.6. The van der Waals surface area contributed by atoms with Gasteiger partial charge >= 0.3 is 6.03 Å². The molecule has 3 amide bonds. The number of aliphatic hydroxyl groups is 1. The standard InChI is InChI=1S/C17H23N3O3/c21-15-9-7-14(8-10-15)20-17(23)19-13-5-3-12(4-6-13)18-16(22)11-1-2-11/h3-6,11,14-15,21H,1-2,7-10H2,(H,18,22)(H2,19,20,23). The molecule has 1 aromatic carbocycles. The zero-order valence-electron chi connectivity index (χ0n) is 13.0. The first kappa shape index (κ1) is 15.8. The molecule has 0 spiro atoms. The third kappa shape index (κ3) is 4.69. The lowest BCUT2D eigenvalue weighted by Gasteiger charge is -2.26. The fourth-order valence-corrected chi connectivity index (χ4v) is 2.80. The fourth-order valence-electron chi connectivity index (χ4n) is 2.80. The summed E-state index contributed by atoms with van der Waals surface area (Å²) in [6.45, 7) is 0. The molecule has 0 aliphatic heterocycles. The molecule has 2 fully saturated rings. The van der Waals surface area contributed by atoms with Crippen molar-refractivity contribution in [2.24, 2.45) is 5.92 Å². The number of amides is 3. The summed E-state index contributed by atoms with van der Waals surface area (Å²) in [5, 5.41) is 18.0. The lowest BCUT2D eigenvalue weighted by atomic mass is 9.93. The molecule has 3 rings (SSSR count). The Labute approximate surface area is 135 Å². The van der Waals surface area contributed by atoms with Crippen molar-refractivity contribution in [2.75, 3.05) is 10.6 Å². The van der Waals surface area contributed by atoms with Crippen LogP contribution < -0.4 is 16.0 Å². The lowest BCUT2D eigenvalue weighted by molar-refractivity contribution is -0.117. The van der Waals surface area contributed by atoms with E-state index in [0.717, 1.165) is 44.2 Å². The van der Waals surface area contributed by atoms with Crippen LogP contribution in [0.1, 0.15) is 38.5 Å². The molecule has 4 N–H and O–H groups in total. The Bertz CT molecular complexity index is 561. The van der Waals surface area contributed by atoms with Crippen molar-refractivity contribution in [1.82, 2.24) is 5.32 Å². The van der Waals surface area contributed by atoms with Crippen molar-refractivity contribution in [3.05, 3.63) is 24.3 Å². The maximum absolute atomic E-state index is 12.0. The average Bonchev–Trinajstić information content (AvgIpc) is 3.36. The molecule has 2 aliphatic rings. The third-order valence-electron chi connectivity index (χ3n) is 4.39. The number of hydrogen-bond donors (Lipinski definition) is 4. The molecule has 0 atom stereocenters. The number of anilines is 2. The molecule has 124 valence electrons. The molecule has 0 unspecified atom stereocenters. The van der Waals surface area contributed by atoms with Crippen LogP contribution in [0.4, 0.5) is 16.2 Å². The van der Waals surface area contributed by atoms with E-state index in [1.807, 2.05) is 0 Å². The highest BCUT2D eigenvalue weighted by molar-refractivity contribution is 5.94. The number of aliphatic hydroxyl groups excluding tert-OH is 1. The van der Waals surface area contributed by atoms with Crippen LogP contribution in [0.5, 0.6) is 0 Å². The van der Waals surface area contributed by atoms with E-state index in [1.165, 1.54) is 0 Å². The van der Waals surface area contributed by atoms with Gasteiger partial charge in [-0.2, -0.15) is 0 Å². The van der Waals surface area contributed by atoms with Crippen LogP contribution in [0.3, 0.4) is 0 Å². The van der Waals surface area contributed by atoms with Gasteiger partial charge in [0, 0.05) is 23.3 Å². The van der Waals surface area contributed by atoms with Gasteiger partial charge in [0.25, 0.3) is 0 Å². The largest absolute Gasteiger partial charge is 0.393 e. The Morgan fingerprint density at radius 1 is 0.870 bits per heavy atom. The van der Waals surface area contributed by atoms with E-state index >= 15 is 0 Å². The van der Waals surface area contributed by atoms with Crippen molar-refractivity contribution >= 4 is 23.3 Å². The second-order valence-electron chi connectivity index (χ2n) is 6.44. The maximum Gasteiger partial charge on any atom is 0.319 e. The molecule has 6 nitrogen and oxygen atoms in total. The van der Waals surface area contributed by atoms with Crippen molar-refractivity contribution in [3.8, 4) is 0 Å². The molecule has 0 aromatic heterocycles. The summed E-state index contributed by atoms with van der Waals surface area (Å²) >= 11 is 0. The SMILES string of the molecule is O=C(Nc1ccc(NC(=O)C2CC2)cc1)NC1CCC(O)CC1. The van der Waals surface area contributed by atoms with Gasteiger partial charge in [-0.25, -0.2) is 4.79 Å². The number of carbonyl (C=O) groups excluding carboxylic acids is 2. The molecule has 0 bridgehead atoms. The van der Waals surface area contributed by atoms with E-state index in [4.69, 9.17) is 0 Å². The van der Waals surface area contributed by atoms with Crippen molar-refractivity contribution in [1.29, 1.82) is 0 Å². The molecule has 2 saturated carbocycles. The first-order valence-electron chi connectivity index (χ1n) is 8.26. The Balaban J connectivity index is 1.45. The van der Waals surface area contributed by atoms with Gasteiger partial charge in [0.2, 0.25) is 5.91 Å². The molecule has 0 radical (unpaired) electrons. The van der Waals surface area contributed by atoms with Gasteiger partial charge in [0.05, 0.1) is 6.10 Å². The molecule has 6 heteroatoms. The highest BCUT2D eigenvalue weighted by Gasteiger charge is 2.29. The predicted octanol–water partition coefficient (Wildman–Crippen LogP) is 2.46. The number of nitrogens with one attached hydrogen (secondary N) is 3. The topological polar surface area (TPSA) is 90.5 Å². The van der Waals surface area contributed by atoms with Crippen LogP contribution in [-0.2, 0) is 4.79 Å². The molecule has 0 saturated heterocycles.